The van der Waals surface area contributed by atoms with E-state index in [1.54, 1.807) is 24.3 Å². The molecule has 0 heterocycles. The molecule has 2 aromatic rings. The number of carbonyl (C=O) groups excluding carboxylic acids is 1. The highest BCUT2D eigenvalue weighted by Gasteiger charge is 2.16. The first kappa shape index (κ1) is 17.5. The van der Waals surface area contributed by atoms with Crippen molar-refractivity contribution in [2.75, 3.05) is 23.3 Å². The molecule has 0 aromatic heterocycles. The van der Waals surface area contributed by atoms with Gasteiger partial charge < -0.3 is 15.3 Å². The Labute approximate surface area is 141 Å². The van der Waals surface area contributed by atoms with Crippen LogP contribution in [0.5, 0.6) is 0 Å². The number of nitrogens with one attached hydrogen (secondary N) is 1. The second-order valence-corrected chi connectivity index (χ2v) is 5.48. The number of carboxylic acids is 1. The fourth-order valence-electron chi connectivity index (χ4n) is 2.65. The number of carboxylic acid groups (broad SMARTS) is 1. The van der Waals surface area contributed by atoms with Gasteiger partial charge in [-0.3, -0.25) is 4.79 Å². The number of nitrogens with zero attached hydrogens (tertiary/aromatic N) is 1. The number of aryl methyl sites for hydroxylation is 1. The highest BCUT2D eigenvalue weighted by atomic mass is 16.4. The van der Waals surface area contributed by atoms with Crippen LogP contribution in [0.3, 0.4) is 0 Å². The highest BCUT2D eigenvalue weighted by Crippen LogP contribution is 2.25. The van der Waals surface area contributed by atoms with Crippen LogP contribution in [-0.4, -0.2) is 30.1 Å². The molecule has 0 saturated carbocycles. The first-order chi connectivity index (χ1) is 11.5. The summed E-state index contributed by atoms with van der Waals surface area (Å²) in [7, 11) is 0. The smallest absolute Gasteiger partial charge is 0.337 e. The molecule has 0 radical (unpaired) electrons. The van der Waals surface area contributed by atoms with E-state index in [1.807, 2.05) is 37.8 Å². The van der Waals surface area contributed by atoms with Crippen LogP contribution in [0.15, 0.2) is 42.5 Å². The van der Waals surface area contributed by atoms with E-state index in [-0.39, 0.29) is 11.5 Å². The SMILES string of the molecule is CCN(CC)c1ccc(NC(=O)c2ccccc2C)cc1C(=O)O. The van der Waals surface area contributed by atoms with Crippen molar-refractivity contribution in [1.29, 1.82) is 0 Å². The number of benzene rings is 2. The van der Waals surface area contributed by atoms with Crippen molar-refractivity contribution in [3.63, 3.8) is 0 Å². The lowest BCUT2D eigenvalue weighted by Gasteiger charge is -2.23. The van der Waals surface area contributed by atoms with Gasteiger partial charge in [-0.25, -0.2) is 4.79 Å². The molecular weight excluding hydrogens is 304 g/mol. The Morgan fingerprint density at radius 1 is 1.04 bits per heavy atom. The molecule has 0 atom stereocenters. The van der Waals surface area contributed by atoms with Crippen LogP contribution in [0, 0.1) is 6.92 Å². The fourth-order valence-corrected chi connectivity index (χ4v) is 2.65. The van der Waals surface area contributed by atoms with Crippen LogP contribution >= 0.6 is 0 Å². The minimum atomic E-state index is -1.01. The highest BCUT2D eigenvalue weighted by molar-refractivity contribution is 6.06. The van der Waals surface area contributed by atoms with Crippen molar-refractivity contribution in [2.24, 2.45) is 0 Å². The Morgan fingerprint density at radius 2 is 1.71 bits per heavy atom. The molecule has 0 aliphatic carbocycles. The average Bonchev–Trinajstić information content (AvgIpc) is 2.57. The Morgan fingerprint density at radius 3 is 2.29 bits per heavy atom. The van der Waals surface area contributed by atoms with Crippen molar-refractivity contribution < 1.29 is 14.7 Å². The van der Waals surface area contributed by atoms with E-state index in [0.717, 1.165) is 5.56 Å². The molecule has 2 rings (SSSR count). The predicted octanol–water partition coefficient (Wildman–Crippen LogP) is 3.79. The van der Waals surface area contributed by atoms with E-state index in [2.05, 4.69) is 5.32 Å². The van der Waals surface area contributed by atoms with E-state index < -0.39 is 5.97 Å². The Bertz CT molecular complexity index is 752. The lowest BCUT2D eigenvalue weighted by Crippen LogP contribution is -2.24. The first-order valence-electron chi connectivity index (χ1n) is 7.97. The van der Waals surface area contributed by atoms with Crippen molar-refractivity contribution >= 4 is 23.3 Å². The molecule has 5 heteroatoms. The normalized spacial score (nSPS) is 10.3. The average molecular weight is 326 g/mol. The maximum Gasteiger partial charge on any atom is 0.337 e. The van der Waals surface area contributed by atoms with E-state index in [4.69, 9.17) is 0 Å². The molecule has 0 spiro atoms. The predicted molar refractivity (Wildman–Crippen MR) is 96.1 cm³/mol. The van der Waals surface area contributed by atoms with Crippen molar-refractivity contribution in [3.05, 3.63) is 59.2 Å². The van der Waals surface area contributed by atoms with Gasteiger partial charge in [0.05, 0.1) is 11.3 Å². The topological polar surface area (TPSA) is 69.6 Å². The van der Waals surface area contributed by atoms with Crippen LogP contribution in [0.1, 0.15) is 40.1 Å². The molecule has 1 amide bonds. The van der Waals surface area contributed by atoms with Crippen LogP contribution < -0.4 is 10.2 Å². The summed E-state index contributed by atoms with van der Waals surface area (Å²) in [5, 5.41) is 12.3. The van der Waals surface area contributed by atoms with Crippen LogP contribution in [-0.2, 0) is 0 Å². The monoisotopic (exact) mass is 326 g/mol. The quantitative estimate of drug-likeness (QED) is 0.847. The summed E-state index contributed by atoms with van der Waals surface area (Å²) in [4.78, 5) is 25.9. The molecule has 0 aliphatic rings. The van der Waals surface area contributed by atoms with Gasteiger partial charge in [0, 0.05) is 24.3 Å². The Hall–Kier alpha value is -2.82. The molecule has 0 unspecified atom stereocenters. The number of anilines is 2. The zero-order chi connectivity index (χ0) is 17.7. The molecule has 0 aliphatic heterocycles. The van der Waals surface area contributed by atoms with Gasteiger partial charge in [0.1, 0.15) is 0 Å². The fraction of sp³-hybridized carbons (Fsp3) is 0.263. The maximum absolute atomic E-state index is 12.4. The number of carbonyl (C=O) groups is 2. The minimum Gasteiger partial charge on any atom is -0.478 e. The zero-order valence-electron chi connectivity index (χ0n) is 14.2. The van der Waals surface area contributed by atoms with Crippen molar-refractivity contribution in [2.45, 2.75) is 20.8 Å². The van der Waals surface area contributed by atoms with E-state index in [1.165, 1.54) is 6.07 Å². The second kappa shape index (κ2) is 7.64. The lowest BCUT2D eigenvalue weighted by molar-refractivity contribution is 0.0697. The Balaban J connectivity index is 2.32. The van der Waals surface area contributed by atoms with Gasteiger partial charge in [-0.05, 0) is 50.6 Å². The molecule has 126 valence electrons. The molecule has 24 heavy (non-hydrogen) atoms. The summed E-state index contributed by atoms with van der Waals surface area (Å²) < 4.78 is 0. The third-order valence-corrected chi connectivity index (χ3v) is 3.98. The number of aromatic carboxylic acids is 1. The standard InChI is InChI=1S/C19H22N2O3/c1-4-21(5-2)17-11-10-14(12-16(17)19(23)24)20-18(22)15-9-7-6-8-13(15)3/h6-12H,4-5H2,1-3H3,(H,20,22)(H,23,24). The summed E-state index contributed by atoms with van der Waals surface area (Å²) in [5.41, 5.74) is 2.75. The Kier molecular flexibility index (Phi) is 5.58. The van der Waals surface area contributed by atoms with E-state index in [9.17, 15) is 14.7 Å². The minimum absolute atomic E-state index is 0.182. The van der Waals surface area contributed by atoms with Crippen molar-refractivity contribution in [3.8, 4) is 0 Å². The second-order valence-electron chi connectivity index (χ2n) is 5.48. The molecule has 0 fully saturated rings. The largest absolute Gasteiger partial charge is 0.478 e. The maximum atomic E-state index is 12.4. The third kappa shape index (κ3) is 3.74. The lowest BCUT2D eigenvalue weighted by atomic mass is 10.1. The third-order valence-electron chi connectivity index (χ3n) is 3.98. The number of rotatable bonds is 6. The van der Waals surface area contributed by atoms with Gasteiger partial charge in [0.15, 0.2) is 0 Å². The summed E-state index contributed by atoms with van der Waals surface area (Å²) in [6, 6.07) is 12.3. The van der Waals surface area contributed by atoms with E-state index >= 15 is 0 Å². The molecule has 0 bridgehead atoms. The van der Waals surface area contributed by atoms with Gasteiger partial charge in [0.2, 0.25) is 0 Å². The van der Waals surface area contributed by atoms with Gasteiger partial charge in [-0.15, -0.1) is 0 Å². The van der Waals surface area contributed by atoms with E-state index in [0.29, 0.717) is 30.0 Å². The zero-order valence-corrected chi connectivity index (χ0v) is 14.2. The molecule has 2 N–H and O–H groups in total. The summed E-state index contributed by atoms with van der Waals surface area (Å²) in [5.74, 6) is -1.26. The van der Waals surface area contributed by atoms with Crippen LogP contribution in [0.25, 0.3) is 0 Å². The van der Waals surface area contributed by atoms with Crippen molar-refractivity contribution in [1.82, 2.24) is 0 Å². The van der Waals surface area contributed by atoms with Gasteiger partial charge in [0.25, 0.3) is 5.91 Å². The number of hydrogen-bond donors (Lipinski definition) is 2. The first-order valence-corrected chi connectivity index (χ1v) is 7.97. The summed E-state index contributed by atoms with van der Waals surface area (Å²) in [6.07, 6.45) is 0. The number of amides is 1. The van der Waals surface area contributed by atoms with Crippen LogP contribution in [0.4, 0.5) is 11.4 Å². The summed E-state index contributed by atoms with van der Waals surface area (Å²) in [6.45, 7) is 7.24. The number of hydrogen-bond acceptors (Lipinski definition) is 3. The molecular formula is C19H22N2O3. The van der Waals surface area contributed by atoms with Gasteiger partial charge >= 0.3 is 5.97 Å². The molecule has 0 saturated heterocycles. The summed E-state index contributed by atoms with van der Waals surface area (Å²) >= 11 is 0. The van der Waals surface area contributed by atoms with Crippen LogP contribution in [0.2, 0.25) is 0 Å². The molecule has 5 nitrogen and oxygen atoms in total. The molecule has 2 aromatic carbocycles. The van der Waals surface area contributed by atoms with Gasteiger partial charge in [-0.1, -0.05) is 18.2 Å². The van der Waals surface area contributed by atoms with Gasteiger partial charge in [-0.2, -0.15) is 0 Å².